The Morgan fingerprint density at radius 3 is 2.96 bits per heavy atom. The van der Waals surface area contributed by atoms with E-state index in [0.29, 0.717) is 22.5 Å². The molecular weight excluding hydrogens is 381 g/mol. The van der Waals surface area contributed by atoms with Crippen LogP contribution in [0.4, 0.5) is 4.39 Å². The third-order valence-electron chi connectivity index (χ3n) is 3.59. The SMILES string of the molecule is CN(Cc1c(F)cccc1Cl)C(=O)CSc1nnnn1Cc1ccco1. The highest BCUT2D eigenvalue weighted by molar-refractivity contribution is 7.99. The highest BCUT2D eigenvalue weighted by Crippen LogP contribution is 2.21. The Kier molecular flexibility index (Phi) is 5.89. The van der Waals surface area contributed by atoms with Gasteiger partial charge in [-0.05, 0) is 34.7 Å². The molecule has 0 radical (unpaired) electrons. The molecule has 1 amide bonds. The molecule has 0 saturated heterocycles. The molecule has 26 heavy (non-hydrogen) atoms. The number of carbonyl (C=O) groups excluding carboxylic acids is 1. The summed E-state index contributed by atoms with van der Waals surface area (Å²) in [5.74, 6) is 0.187. The molecule has 0 saturated carbocycles. The predicted octanol–water partition coefficient (Wildman–Crippen LogP) is 2.86. The molecule has 0 N–H and O–H groups in total. The van der Waals surface area contributed by atoms with Crippen molar-refractivity contribution >= 4 is 29.3 Å². The summed E-state index contributed by atoms with van der Waals surface area (Å²) in [7, 11) is 1.59. The summed E-state index contributed by atoms with van der Waals surface area (Å²) in [6, 6.07) is 8.02. The normalized spacial score (nSPS) is 10.9. The van der Waals surface area contributed by atoms with Gasteiger partial charge in [0.15, 0.2) is 0 Å². The molecule has 136 valence electrons. The van der Waals surface area contributed by atoms with Gasteiger partial charge in [0.25, 0.3) is 0 Å². The van der Waals surface area contributed by atoms with Gasteiger partial charge in [0.1, 0.15) is 18.1 Å². The number of carbonyl (C=O) groups is 1. The summed E-state index contributed by atoms with van der Waals surface area (Å²) >= 11 is 7.20. The zero-order valence-corrected chi connectivity index (χ0v) is 15.4. The zero-order chi connectivity index (χ0) is 18.5. The second-order valence-corrected chi connectivity index (χ2v) is 6.79. The highest BCUT2D eigenvalue weighted by Gasteiger charge is 2.16. The summed E-state index contributed by atoms with van der Waals surface area (Å²) in [4.78, 5) is 13.8. The lowest BCUT2D eigenvalue weighted by Gasteiger charge is -2.18. The van der Waals surface area contributed by atoms with Crippen LogP contribution in [0.15, 0.2) is 46.2 Å². The van der Waals surface area contributed by atoms with Crippen LogP contribution in [0.3, 0.4) is 0 Å². The Labute approximate surface area is 158 Å². The Balaban J connectivity index is 1.58. The van der Waals surface area contributed by atoms with Crippen LogP contribution < -0.4 is 0 Å². The largest absolute Gasteiger partial charge is 0.467 e. The molecule has 2 aromatic heterocycles. The van der Waals surface area contributed by atoms with Crippen LogP contribution in [0.2, 0.25) is 5.02 Å². The second kappa shape index (κ2) is 8.33. The highest BCUT2D eigenvalue weighted by atomic mass is 35.5. The molecule has 7 nitrogen and oxygen atoms in total. The van der Waals surface area contributed by atoms with Crippen molar-refractivity contribution in [1.82, 2.24) is 25.1 Å². The summed E-state index contributed by atoms with van der Waals surface area (Å²) < 4.78 is 20.7. The zero-order valence-electron chi connectivity index (χ0n) is 13.8. The van der Waals surface area contributed by atoms with Crippen LogP contribution >= 0.6 is 23.4 Å². The van der Waals surface area contributed by atoms with E-state index in [1.165, 1.54) is 28.8 Å². The smallest absolute Gasteiger partial charge is 0.233 e. The minimum atomic E-state index is -0.438. The lowest BCUT2D eigenvalue weighted by Crippen LogP contribution is -2.28. The Hall–Kier alpha value is -2.39. The standard InChI is InChI=1S/C16H15ClFN5O2S/c1-22(9-12-13(17)5-2-6-14(12)18)15(24)10-26-16-19-20-21-23(16)8-11-4-3-7-25-11/h2-7H,8-10H2,1H3. The van der Waals surface area contributed by atoms with E-state index < -0.39 is 5.82 Å². The monoisotopic (exact) mass is 395 g/mol. The van der Waals surface area contributed by atoms with Crippen molar-refractivity contribution in [3.63, 3.8) is 0 Å². The molecule has 0 bridgehead atoms. The van der Waals surface area contributed by atoms with Crippen LogP contribution in [-0.4, -0.2) is 43.8 Å². The number of halogens is 2. The van der Waals surface area contributed by atoms with E-state index in [0.717, 1.165) is 0 Å². The third-order valence-corrected chi connectivity index (χ3v) is 4.89. The summed E-state index contributed by atoms with van der Waals surface area (Å²) in [5, 5.41) is 12.2. The average Bonchev–Trinajstić information content (AvgIpc) is 3.28. The third kappa shape index (κ3) is 4.41. The number of hydrogen-bond donors (Lipinski definition) is 0. The molecule has 10 heteroatoms. The number of aromatic nitrogens is 4. The lowest BCUT2D eigenvalue weighted by atomic mass is 10.2. The topological polar surface area (TPSA) is 77.1 Å². The van der Waals surface area contributed by atoms with Gasteiger partial charge in [-0.25, -0.2) is 9.07 Å². The van der Waals surface area contributed by atoms with E-state index in [4.69, 9.17) is 16.0 Å². The molecule has 0 fully saturated rings. The van der Waals surface area contributed by atoms with Gasteiger partial charge in [-0.2, -0.15) is 0 Å². The number of amides is 1. The summed E-state index contributed by atoms with van der Waals surface area (Å²) in [6.45, 7) is 0.458. The number of hydrogen-bond acceptors (Lipinski definition) is 6. The fourth-order valence-electron chi connectivity index (χ4n) is 2.19. The van der Waals surface area contributed by atoms with Gasteiger partial charge in [-0.15, -0.1) is 5.10 Å². The van der Waals surface area contributed by atoms with Crippen molar-refractivity contribution in [2.24, 2.45) is 0 Å². The number of thioether (sulfide) groups is 1. The molecule has 0 atom stereocenters. The Morgan fingerprint density at radius 1 is 1.38 bits per heavy atom. The summed E-state index contributed by atoms with van der Waals surface area (Å²) in [5.41, 5.74) is 0.290. The number of nitrogens with zero attached hydrogens (tertiary/aromatic N) is 5. The van der Waals surface area contributed by atoms with Crippen molar-refractivity contribution < 1.29 is 13.6 Å². The van der Waals surface area contributed by atoms with Crippen LogP contribution in [0.25, 0.3) is 0 Å². The minimum absolute atomic E-state index is 0.0856. The molecule has 0 aliphatic carbocycles. The first-order chi connectivity index (χ1) is 12.5. The maximum Gasteiger partial charge on any atom is 0.233 e. The summed E-state index contributed by atoms with van der Waals surface area (Å²) in [6.07, 6.45) is 1.57. The predicted molar refractivity (Wildman–Crippen MR) is 94.2 cm³/mol. The second-order valence-electron chi connectivity index (χ2n) is 5.44. The van der Waals surface area contributed by atoms with Crippen molar-refractivity contribution in [2.75, 3.05) is 12.8 Å². The first-order valence-corrected chi connectivity index (χ1v) is 8.99. The van der Waals surface area contributed by atoms with Crippen LogP contribution in [0.1, 0.15) is 11.3 Å². The van der Waals surface area contributed by atoms with E-state index in [2.05, 4.69) is 15.5 Å². The number of tetrazole rings is 1. The van der Waals surface area contributed by atoms with Crippen molar-refractivity contribution in [3.05, 3.63) is 58.8 Å². The fourth-order valence-corrected chi connectivity index (χ4v) is 3.23. The van der Waals surface area contributed by atoms with Gasteiger partial charge < -0.3 is 9.32 Å². The van der Waals surface area contributed by atoms with Crippen LogP contribution in [-0.2, 0) is 17.9 Å². The van der Waals surface area contributed by atoms with E-state index in [1.54, 1.807) is 30.1 Å². The molecule has 3 rings (SSSR count). The number of benzene rings is 1. The molecule has 3 aromatic rings. The maximum atomic E-state index is 13.9. The molecule has 0 unspecified atom stereocenters. The van der Waals surface area contributed by atoms with Crippen molar-refractivity contribution in [1.29, 1.82) is 0 Å². The molecule has 0 spiro atoms. The van der Waals surface area contributed by atoms with E-state index >= 15 is 0 Å². The van der Waals surface area contributed by atoms with E-state index in [9.17, 15) is 9.18 Å². The fraction of sp³-hybridized carbons (Fsp3) is 0.250. The number of rotatable bonds is 7. The van der Waals surface area contributed by atoms with Gasteiger partial charge in [0, 0.05) is 24.2 Å². The average molecular weight is 396 g/mol. The van der Waals surface area contributed by atoms with Gasteiger partial charge in [-0.1, -0.05) is 29.4 Å². The lowest BCUT2D eigenvalue weighted by molar-refractivity contribution is -0.127. The molecular formula is C16H15ClFN5O2S. The first kappa shape index (κ1) is 18.4. The Morgan fingerprint density at radius 2 is 2.23 bits per heavy atom. The van der Waals surface area contributed by atoms with E-state index in [-0.39, 0.29) is 23.8 Å². The van der Waals surface area contributed by atoms with Crippen LogP contribution in [0, 0.1) is 5.82 Å². The van der Waals surface area contributed by atoms with E-state index in [1.807, 2.05) is 6.07 Å². The quantitative estimate of drug-likeness (QED) is 0.572. The minimum Gasteiger partial charge on any atom is -0.467 e. The molecule has 0 aliphatic rings. The van der Waals surface area contributed by atoms with Gasteiger partial charge in [0.05, 0.1) is 12.0 Å². The van der Waals surface area contributed by atoms with Crippen molar-refractivity contribution in [3.8, 4) is 0 Å². The molecule has 1 aromatic carbocycles. The van der Waals surface area contributed by atoms with Crippen molar-refractivity contribution in [2.45, 2.75) is 18.2 Å². The van der Waals surface area contributed by atoms with Gasteiger partial charge in [0.2, 0.25) is 11.1 Å². The van der Waals surface area contributed by atoms with Gasteiger partial charge in [-0.3, -0.25) is 4.79 Å². The number of furan rings is 1. The Bertz CT molecular complexity index is 866. The first-order valence-electron chi connectivity index (χ1n) is 7.63. The van der Waals surface area contributed by atoms with Crippen LogP contribution in [0.5, 0.6) is 0 Å². The van der Waals surface area contributed by atoms with Gasteiger partial charge >= 0.3 is 0 Å². The molecule has 2 heterocycles. The maximum absolute atomic E-state index is 13.9. The molecule has 0 aliphatic heterocycles.